The van der Waals surface area contributed by atoms with Crippen molar-refractivity contribution < 1.29 is 38.7 Å². The Hall–Kier alpha value is -3.80. The molecule has 1 aliphatic heterocycles. The number of allylic oxidation sites excluding steroid dienone is 2. The number of carbonyl (C=O) groups excluding carboxylic acids is 2. The monoisotopic (exact) mass is 559 g/mol. The van der Waals surface area contributed by atoms with Gasteiger partial charge in [0, 0.05) is 44.5 Å². The molecule has 1 aromatic carbocycles. The van der Waals surface area contributed by atoms with Crippen molar-refractivity contribution in [3.8, 4) is 11.5 Å². The van der Waals surface area contributed by atoms with Gasteiger partial charge < -0.3 is 45.9 Å². The minimum atomic E-state index is -0.965. The molecule has 40 heavy (non-hydrogen) atoms. The van der Waals surface area contributed by atoms with E-state index in [-0.39, 0.29) is 39.9 Å². The second-order valence-corrected chi connectivity index (χ2v) is 9.80. The van der Waals surface area contributed by atoms with E-state index in [0.29, 0.717) is 12.0 Å². The SMILES string of the molecule is COC1C=CC=C(C)C(=O)Nc2cc(O)c(N)c(c2O)C=C(C)C[C@H](OC)[C@H](OC)[C@@H](C)C=C(C)[C@@H]1OC(N)=O. The Bertz CT molecular complexity index is 1200. The molecule has 11 heteroatoms. The predicted octanol–water partition coefficient (Wildman–Crippen LogP) is 4.02. The van der Waals surface area contributed by atoms with E-state index in [1.54, 1.807) is 46.3 Å². The number of rotatable bonds is 4. The first-order valence-electron chi connectivity index (χ1n) is 12.7. The molecular formula is C29H41N3O8. The van der Waals surface area contributed by atoms with Crippen LogP contribution in [0.1, 0.15) is 39.7 Å². The third-order valence-corrected chi connectivity index (χ3v) is 6.77. The minimum absolute atomic E-state index is 0.0124. The van der Waals surface area contributed by atoms with Gasteiger partial charge in [0.15, 0.2) is 6.10 Å². The molecule has 1 aliphatic rings. The number of methoxy groups -OCH3 is 3. The summed E-state index contributed by atoms with van der Waals surface area (Å²) in [4.78, 5) is 24.6. The Morgan fingerprint density at radius 2 is 1.77 bits per heavy atom. The van der Waals surface area contributed by atoms with Crippen molar-refractivity contribution in [3.63, 3.8) is 0 Å². The molecule has 2 rings (SSSR count). The van der Waals surface area contributed by atoms with E-state index < -0.39 is 36.4 Å². The van der Waals surface area contributed by atoms with Gasteiger partial charge in [-0.2, -0.15) is 0 Å². The second-order valence-electron chi connectivity index (χ2n) is 9.80. The summed E-state index contributed by atoms with van der Waals surface area (Å²) >= 11 is 0. The van der Waals surface area contributed by atoms with Gasteiger partial charge in [-0.1, -0.05) is 36.8 Å². The molecule has 0 fully saturated rings. The maximum Gasteiger partial charge on any atom is 0.405 e. The molecular weight excluding hydrogens is 518 g/mol. The van der Waals surface area contributed by atoms with Crippen LogP contribution >= 0.6 is 0 Å². The summed E-state index contributed by atoms with van der Waals surface area (Å²) in [6, 6.07) is 1.18. The Morgan fingerprint density at radius 3 is 2.35 bits per heavy atom. The lowest BCUT2D eigenvalue weighted by Gasteiger charge is -2.30. The Morgan fingerprint density at radius 1 is 1.10 bits per heavy atom. The predicted molar refractivity (Wildman–Crippen MR) is 154 cm³/mol. The van der Waals surface area contributed by atoms with E-state index in [0.717, 1.165) is 5.57 Å². The van der Waals surface area contributed by atoms with Crippen molar-refractivity contribution in [3.05, 3.63) is 52.7 Å². The number of phenolic OH excluding ortho intramolecular Hbond substituents is 2. The summed E-state index contributed by atoms with van der Waals surface area (Å²) in [5, 5.41) is 24.0. The quantitative estimate of drug-likeness (QED) is 0.158. The van der Waals surface area contributed by atoms with Gasteiger partial charge in [0.05, 0.1) is 23.6 Å². The lowest BCUT2D eigenvalue weighted by molar-refractivity contribution is -0.112. The molecule has 0 aromatic heterocycles. The lowest BCUT2D eigenvalue weighted by Crippen LogP contribution is -2.37. The summed E-state index contributed by atoms with van der Waals surface area (Å²) in [6.07, 6.45) is 5.27. The van der Waals surface area contributed by atoms with Crippen molar-refractivity contribution in [2.24, 2.45) is 11.7 Å². The Kier molecular flexibility index (Phi) is 11.8. The Balaban J connectivity index is 2.73. The van der Waals surface area contributed by atoms with Crippen LogP contribution in [-0.2, 0) is 23.7 Å². The van der Waals surface area contributed by atoms with Gasteiger partial charge in [-0.05, 0) is 38.8 Å². The fraction of sp³-hybridized carbons (Fsp3) is 0.448. The first kappa shape index (κ1) is 32.4. The maximum atomic E-state index is 12.9. The maximum absolute atomic E-state index is 12.9. The molecule has 11 nitrogen and oxygen atoms in total. The van der Waals surface area contributed by atoms with Gasteiger partial charge in [-0.3, -0.25) is 4.79 Å². The number of fused-ring (bicyclic) bond motifs is 2. The van der Waals surface area contributed by atoms with E-state index in [4.69, 9.17) is 30.4 Å². The van der Waals surface area contributed by atoms with Crippen molar-refractivity contribution in [1.29, 1.82) is 0 Å². The third kappa shape index (κ3) is 8.10. The van der Waals surface area contributed by atoms with E-state index >= 15 is 0 Å². The number of aromatic hydroxyl groups is 2. The number of hydrogen-bond acceptors (Lipinski definition) is 9. The number of carbonyl (C=O) groups is 2. The Labute approximate surface area is 235 Å². The highest BCUT2D eigenvalue weighted by Crippen LogP contribution is 2.40. The fourth-order valence-electron chi connectivity index (χ4n) is 4.65. The largest absolute Gasteiger partial charge is 0.506 e. The van der Waals surface area contributed by atoms with Crippen LogP contribution in [-0.4, -0.2) is 68.0 Å². The van der Waals surface area contributed by atoms with E-state index in [1.165, 1.54) is 19.3 Å². The molecule has 2 amide bonds. The average molecular weight is 560 g/mol. The van der Waals surface area contributed by atoms with Crippen LogP contribution in [0, 0.1) is 5.92 Å². The minimum Gasteiger partial charge on any atom is -0.506 e. The van der Waals surface area contributed by atoms with Crippen LogP contribution in [0.2, 0.25) is 0 Å². The van der Waals surface area contributed by atoms with Crippen molar-refractivity contribution in [2.75, 3.05) is 32.4 Å². The molecule has 0 aliphatic carbocycles. The second kappa shape index (κ2) is 14.5. The van der Waals surface area contributed by atoms with Crippen LogP contribution in [0.3, 0.4) is 0 Å². The lowest BCUT2D eigenvalue weighted by atomic mass is 9.91. The molecule has 0 saturated heterocycles. The molecule has 2 bridgehead atoms. The summed E-state index contributed by atoms with van der Waals surface area (Å²) < 4.78 is 22.6. The summed E-state index contributed by atoms with van der Waals surface area (Å²) in [6.45, 7) is 7.14. The molecule has 1 heterocycles. The highest BCUT2D eigenvalue weighted by Gasteiger charge is 2.30. The van der Waals surface area contributed by atoms with Crippen molar-refractivity contribution in [1.82, 2.24) is 0 Å². The number of phenols is 2. The van der Waals surface area contributed by atoms with Crippen LogP contribution in [0.5, 0.6) is 11.5 Å². The van der Waals surface area contributed by atoms with Crippen LogP contribution in [0.15, 0.2) is 47.1 Å². The van der Waals surface area contributed by atoms with Gasteiger partial charge in [-0.15, -0.1) is 0 Å². The number of nitrogens with two attached hydrogens (primary N) is 2. The van der Waals surface area contributed by atoms with E-state index in [9.17, 15) is 19.8 Å². The molecule has 0 spiro atoms. The number of benzene rings is 1. The van der Waals surface area contributed by atoms with Gasteiger partial charge in [-0.25, -0.2) is 4.79 Å². The van der Waals surface area contributed by atoms with E-state index in [1.807, 2.05) is 19.9 Å². The van der Waals surface area contributed by atoms with Crippen LogP contribution in [0.4, 0.5) is 16.2 Å². The van der Waals surface area contributed by atoms with Gasteiger partial charge >= 0.3 is 6.09 Å². The number of nitrogen functional groups attached to an aromatic ring is 1. The molecule has 5 atom stereocenters. The normalized spacial score (nSPS) is 24.9. The number of anilines is 2. The number of hydrogen-bond donors (Lipinski definition) is 5. The highest BCUT2D eigenvalue weighted by atomic mass is 16.6. The topological polar surface area (TPSA) is 176 Å². The molecule has 0 saturated carbocycles. The van der Waals surface area contributed by atoms with E-state index in [2.05, 4.69) is 5.32 Å². The number of ether oxygens (including phenoxy) is 4. The number of primary amides is 1. The highest BCUT2D eigenvalue weighted by molar-refractivity contribution is 6.05. The third-order valence-electron chi connectivity index (χ3n) is 6.77. The van der Waals surface area contributed by atoms with Crippen LogP contribution < -0.4 is 16.8 Å². The van der Waals surface area contributed by atoms with Gasteiger partial charge in [0.25, 0.3) is 5.91 Å². The van der Waals surface area contributed by atoms with Gasteiger partial charge in [0.2, 0.25) is 0 Å². The molecule has 220 valence electrons. The standard InChI is InChI=1S/C29H41N3O8/c1-15-11-19-24(30)21(33)14-20(25(19)34)32-28(35)16(2)9-8-10-22(37-5)27(40-29(31)36)18(4)13-17(3)26(39-7)23(12-15)38-6/h8-11,13-14,17,22-23,26-27,33-34H,12,30H2,1-7H3,(H2,31,36)(H,32,35)/t17-,22?,23-,26+,27-/m0/s1. The number of amides is 2. The molecule has 1 aromatic rings. The van der Waals surface area contributed by atoms with Crippen molar-refractivity contribution >= 4 is 29.5 Å². The zero-order valence-electron chi connectivity index (χ0n) is 24.1. The first-order valence-corrected chi connectivity index (χ1v) is 12.7. The molecule has 1 unspecified atom stereocenters. The van der Waals surface area contributed by atoms with Gasteiger partial charge in [0.1, 0.15) is 17.6 Å². The number of nitrogens with one attached hydrogen (secondary N) is 1. The zero-order valence-corrected chi connectivity index (χ0v) is 24.1. The van der Waals surface area contributed by atoms with Crippen molar-refractivity contribution in [2.45, 2.75) is 58.5 Å². The van der Waals surface area contributed by atoms with Crippen LogP contribution in [0.25, 0.3) is 6.08 Å². The summed E-state index contributed by atoms with van der Waals surface area (Å²) in [5.74, 6) is -1.32. The summed E-state index contributed by atoms with van der Waals surface area (Å²) in [5.41, 5.74) is 13.3. The zero-order chi connectivity index (χ0) is 30.1. The summed E-state index contributed by atoms with van der Waals surface area (Å²) in [7, 11) is 4.60. The molecule has 7 N–H and O–H groups in total. The fourth-order valence-corrected chi connectivity index (χ4v) is 4.65. The smallest absolute Gasteiger partial charge is 0.405 e. The first-order chi connectivity index (χ1) is 18.8. The molecule has 0 radical (unpaired) electrons. The average Bonchev–Trinajstić information content (AvgIpc) is 2.89.